The summed E-state index contributed by atoms with van der Waals surface area (Å²) in [7, 11) is 0. The van der Waals surface area contributed by atoms with Gasteiger partial charge in [0, 0.05) is 49.4 Å². The molecule has 2 fully saturated rings. The first-order chi connectivity index (χ1) is 26.4. The molecular weight excluding hydrogens is 711 g/mol. The highest BCUT2D eigenvalue weighted by atomic mass is 16.5. The normalized spacial score (nSPS) is 19.2. The third-order valence-corrected chi connectivity index (χ3v) is 10.6. The van der Waals surface area contributed by atoms with E-state index >= 15 is 0 Å². The summed E-state index contributed by atoms with van der Waals surface area (Å²) >= 11 is 0. The van der Waals surface area contributed by atoms with E-state index < -0.39 is 41.3 Å². The van der Waals surface area contributed by atoms with Crippen LogP contribution in [0.5, 0.6) is 0 Å². The zero-order valence-electron chi connectivity index (χ0n) is 33.4. The molecule has 1 saturated heterocycles. The molecule has 3 atom stereocenters. The minimum Gasteiger partial charge on any atom is -0.391 e. The fourth-order valence-corrected chi connectivity index (χ4v) is 8.14. The second-order valence-corrected chi connectivity index (χ2v) is 17.3. The average Bonchev–Trinajstić information content (AvgIpc) is 3.55. The molecule has 1 aliphatic carbocycles. The molecule has 1 saturated carbocycles. The van der Waals surface area contributed by atoms with Gasteiger partial charge in [-0.15, -0.1) is 0 Å². The van der Waals surface area contributed by atoms with E-state index in [1.807, 2.05) is 57.2 Å². The molecule has 4 amide bonds. The van der Waals surface area contributed by atoms with Gasteiger partial charge in [0.05, 0.1) is 24.3 Å². The molecule has 13 nitrogen and oxygen atoms in total. The van der Waals surface area contributed by atoms with Crippen molar-refractivity contribution in [3.8, 4) is 17.2 Å². The smallest absolute Gasteiger partial charge is 0.251 e. The molecule has 5 N–H and O–H groups in total. The number of hydrogen-bond acceptors (Lipinski definition) is 9. The van der Waals surface area contributed by atoms with E-state index in [2.05, 4.69) is 60.0 Å². The number of anilines is 1. The number of amides is 4. The van der Waals surface area contributed by atoms with Crippen LogP contribution < -0.4 is 21.3 Å². The maximum absolute atomic E-state index is 13.8. The molecule has 1 aliphatic heterocycles. The Balaban J connectivity index is 1.06. The SMILES string of the molecule is CC(C)(C)C(NC(=O)COCCNc1ccc(-c2ccc(C(=O)NC3C(C)(C)CC3(C)C)cc2)cn1)C(=O)N1C[C@H](O)C[C@H]1C(=O)NCc1ccc(C#N)cc1. The Hall–Kier alpha value is -5.32. The summed E-state index contributed by atoms with van der Waals surface area (Å²) in [6, 6.07) is 18.4. The molecule has 5 rings (SSSR count). The molecule has 2 aromatic carbocycles. The third kappa shape index (κ3) is 10.3. The van der Waals surface area contributed by atoms with Gasteiger partial charge >= 0.3 is 0 Å². The molecule has 0 bridgehead atoms. The van der Waals surface area contributed by atoms with Gasteiger partial charge < -0.3 is 36.0 Å². The lowest BCUT2D eigenvalue weighted by Gasteiger charge is -2.57. The summed E-state index contributed by atoms with van der Waals surface area (Å²) in [6.07, 6.45) is 2.01. The van der Waals surface area contributed by atoms with E-state index in [1.165, 1.54) is 4.90 Å². The molecule has 56 heavy (non-hydrogen) atoms. The number of aliphatic hydroxyl groups is 1. The maximum atomic E-state index is 13.8. The topological polar surface area (TPSA) is 186 Å². The minimum absolute atomic E-state index is 0.0315. The average molecular weight is 766 g/mol. The number of nitriles is 1. The summed E-state index contributed by atoms with van der Waals surface area (Å²) < 4.78 is 5.60. The van der Waals surface area contributed by atoms with Crippen LogP contribution in [0.4, 0.5) is 5.82 Å². The van der Waals surface area contributed by atoms with Gasteiger partial charge in [-0.3, -0.25) is 19.2 Å². The molecule has 13 heteroatoms. The highest BCUT2D eigenvalue weighted by Gasteiger charge is 2.53. The summed E-state index contributed by atoms with van der Waals surface area (Å²) in [5.74, 6) is -0.800. The van der Waals surface area contributed by atoms with Crippen molar-refractivity contribution >= 4 is 29.4 Å². The maximum Gasteiger partial charge on any atom is 0.251 e. The van der Waals surface area contributed by atoms with Crippen LogP contribution in [0, 0.1) is 27.6 Å². The van der Waals surface area contributed by atoms with E-state index in [1.54, 1.807) is 30.5 Å². The van der Waals surface area contributed by atoms with Crippen LogP contribution in [0.1, 0.15) is 82.8 Å². The van der Waals surface area contributed by atoms with Crippen molar-refractivity contribution in [1.29, 1.82) is 5.26 Å². The van der Waals surface area contributed by atoms with Crippen molar-refractivity contribution in [3.63, 3.8) is 0 Å². The van der Waals surface area contributed by atoms with Gasteiger partial charge in [0.2, 0.25) is 17.7 Å². The number of aliphatic hydroxyl groups excluding tert-OH is 1. The first-order valence-electron chi connectivity index (χ1n) is 19.1. The largest absolute Gasteiger partial charge is 0.391 e. The Morgan fingerprint density at radius 1 is 0.982 bits per heavy atom. The van der Waals surface area contributed by atoms with Crippen molar-refractivity contribution in [2.45, 2.75) is 92.1 Å². The second-order valence-electron chi connectivity index (χ2n) is 17.3. The van der Waals surface area contributed by atoms with Gasteiger partial charge in [-0.05, 0) is 70.2 Å². The van der Waals surface area contributed by atoms with Crippen LogP contribution in [0.2, 0.25) is 0 Å². The molecule has 1 unspecified atom stereocenters. The van der Waals surface area contributed by atoms with Crippen LogP contribution in [-0.2, 0) is 25.7 Å². The van der Waals surface area contributed by atoms with Crippen molar-refractivity contribution < 1.29 is 29.0 Å². The first kappa shape index (κ1) is 41.8. The molecule has 298 valence electrons. The van der Waals surface area contributed by atoms with Gasteiger partial charge in [-0.25, -0.2) is 4.98 Å². The summed E-state index contributed by atoms with van der Waals surface area (Å²) in [5, 5.41) is 31.5. The van der Waals surface area contributed by atoms with Crippen LogP contribution in [0.25, 0.3) is 11.1 Å². The van der Waals surface area contributed by atoms with Crippen molar-refractivity contribution in [2.75, 3.05) is 31.6 Å². The fraction of sp³-hybridized carbons (Fsp3) is 0.488. The predicted molar refractivity (Wildman–Crippen MR) is 213 cm³/mol. The summed E-state index contributed by atoms with van der Waals surface area (Å²) in [5.41, 5.74) is 3.19. The Labute approximate surface area is 329 Å². The lowest BCUT2D eigenvalue weighted by molar-refractivity contribution is -0.144. The van der Waals surface area contributed by atoms with Gasteiger partial charge in [0.25, 0.3) is 5.91 Å². The van der Waals surface area contributed by atoms with E-state index in [4.69, 9.17) is 10.00 Å². The minimum atomic E-state index is -0.973. The second kappa shape index (κ2) is 17.2. The number of aromatic nitrogens is 1. The molecule has 0 spiro atoms. The van der Waals surface area contributed by atoms with E-state index in [0.29, 0.717) is 23.5 Å². The van der Waals surface area contributed by atoms with Crippen LogP contribution in [0.15, 0.2) is 66.9 Å². The number of pyridine rings is 1. The third-order valence-electron chi connectivity index (χ3n) is 10.6. The lowest BCUT2D eigenvalue weighted by Crippen LogP contribution is -2.63. The Kier molecular flexibility index (Phi) is 12.9. The van der Waals surface area contributed by atoms with Gasteiger partial charge in [-0.2, -0.15) is 5.26 Å². The Morgan fingerprint density at radius 2 is 1.64 bits per heavy atom. The highest BCUT2D eigenvalue weighted by Crippen LogP contribution is 2.53. The number of likely N-dealkylation sites (tertiary alicyclic amines) is 1. The van der Waals surface area contributed by atoms with Gasteiger partial charge in [-0.1, -0.05) is 72.7 Å². The highest BCUT2D eigenvalue weighted by molar-refractivity contribution is 5.95. The molecule has 0 radical (unpaired) electrons. The van der Waals surface area contributed by atoms with Gasteiger partial charge in [0.1, 0.15) is 24.5 Å². The number of nitrogens with one attached hydrogen (secondary N) is 4. The zero-order valence-corrected chi connectivity index (χ0v) is 33.4. The summed E-state index contributed by atoms with van der Waals surface area (Å²) in [4.78, 5) is 58.8. The quantitative estimate of drug-likeness (QED) is 0.148. The number of carbonyl (C=O) groups excluding carboxylic acids is 4. The van der Waals surface area contributed by atoms with E-state index in [9.17, 15) is 24.3 Å². The number of benzene rings is 2. The van der Waals surface area contributed by atoms with Crippen LogP contribution in [-0.4, -0.2) is 89.2 Å². The number of nitrogens with zero attached hydrogens (tertiary/aromatic N) is 3. The lowest BCUT2D eigenvalue weighted by atomic mass is 9.52. The molecular formula is C43H55N7O6. The number of β-amino-alcohol motifs (C(OH)–C–C–N with tert-alkyl or cyclic N) is 1. The molecule has 1 aromatic heterocycles. The zero-order chi connectivity index (χ0) is 40.8. The first-order valence-corrected chi connectivity index (χ1v) is 19.1. The predicted octanol–water partition coefficient (Wildman–Crippen LogP) is 4.41. The molecule has 2 aliphatic rings. The standard InChI is InChI=1S/C43H55N7O6/c1-41(2,3)36(39(55)50-24-32(51)20-33(50)38(54)47-22-28-10-8-27(21-44)9-11-28)48-35(52)25-56-19-18-45-34-17-16-31(23-46-34)29-12-14-30(15-13-29)37(53)49-40-42(4,5)26-43(40,6)7/h8-17,23,32-33,36,40,51H,18-20,22,24-26H2,1-7H3,(H,45,46)(H,47,54)(H,48,52)(H,49,53)/t32-,33+,36?/m1/s1. The monoisotopic (exact) mass is 765 g/mol. The van der Waals surface area contributed by atoms with Gasteiger partial charge in [0.15, 0.2) is 0 Å². The van der Waals surface area contributed by atoms with Crippen LogP contribution in [0.3, 0.4) is 0 Å². The van der Waals surface area contributed by atoms with E-state index in [-0.39, 0.29) is 55.5 Å². The number of carbonyl (C=O) groups is 4. The Bertz CT molecular complexity index is 1900. The molecule has 3 aromatic rings. The fourth-order valence-electron chi connectivity index (χ4n) is 8.14. The van der Waals surface area contributed by atoms with E-state index in [0.717, 1.165) is 23.1 Å². The number of rotatable bonds is 14. The molecule has 2 heterocycles. The number of ether oxygens (including phenoxy) is 1. The Morgan fingerprint density at radius 3 is 2.23 bits per heavy atom. The van der Waals surface area contributed by atoms with Crippen LogP contribution >= 0.6 is 0 Å². The summed E-state index contributed by atoms with van der Waals surface area (Å²) in [6.45, 7) is 14.7. The van der Waals surface area contributed by atoms with Crippen molar-refractivity contribution in [3.05, 3.63) is 83.6 Å². The number of hydrogen-bond donors (Lipinski definition) is 5. The van der Waals surface area contributed by atoms with Crippen molar-refractivity contribution in [1.82, 2.24) is 25.8 Å². The van der Waals surface area contributed by atoms with Crippen molar-refractivity contribution in [2.24, 2.45) is 16.2 Å².